The quantitative estimate of drug-likeness (QED) is 0.735. The zero-order valence-corrected chi connectivity index (χ0v) is 11.4. The molecule has 0 saturated heterocycles. The first-order chi connectivity index (χ1) is 8.95. The Morgan fingerprint density at radius 1 is 1.11 bits per heavy atom. The van der Waals surface area contributed by atoms with Crippen LogP contribution in [-0.4, -0.2) is 5.78 Å². The maximum atomic E-state index is 13.1. The molecule has 2 aromatic carbocycles. The molecule has 2 rings (SSSR count). The molecule has 98 valence electrons. The largest absolute Gasteiger partial charge is 0.456 e. The van der Waals surface area contributed by atoms with Crippen molar-refractivity contribution in [2.75, 3.05) is 0 Å². The van der Waals surface area contributed by atoms with Crippen LogP contribution in [0.5, 0.6) is 11.5 Å². The fourth-order valence-corrected chi connectivity index (χ4v) is 2.09. The first-order valence-electron chi connectivity index (χ1n) is 5.40. The Labute approximate surface area is 119 Å². The fourth-order valence-electron chi connectivity index (χ4n) is 1.58. The van der Waals surface area contributed by atoms with E-state index < -0.39 is 5.82 Å². The van der Waals surface area contributed by atoms with E-state index in [1.54, 1.807) is 18.2 Å². The second kappa shape index (κ2) is 5.59. The highest BCUT2D eigenvalue weighted by atomic mass is 35.5. The first kappa shape index (κ1) is 13.8. The van der Waals surface area contributed by atoms with Gasteiger partial charge in [-0.1, -0.05) is 23.2 Å². The van der Waals surface area contributed by atoms with E-state index in [-0.39, 0.29) is 17.1 Å². The number of ether oxygens (including phenoxy) is 1. The van der Waals surface area contributed by atoms with Crippen molar-refractivity contribution in [3.63, 3.8) is 0 Å². The van der Waals surface area contributed by atoms with Crippen molar-refractivity contribution in [1.29, 1.82) is 0 Å². The fraction of sp³-hybridized carbons (Fsp3) is 0.0714. The monoisotopic (exact) mass is 298 g/mol. The minimum Gasteiger partial charge on any atom is -0.456 e. The van der Waals surface area contributed by atoms with Crippen molar-refractivity contribution in [3.8, 4) is 11.5 Å². The lowest BCUT2D eigenvalue weighted by molar-refractivity contribution is 0.101. The van der Waals surface area contributed by atoms with E-state index in [2.05, 4.69) is 0 Å². The third-order valence-corrected chi connectivity index (χ3v) is 2.82. The third kappa shape index (κ3) is 3.46. The molecule has 19 heavy (non-hydrogen) atoms. The number of ketones is 1. The van der Waals surface area contributed by atoms with E-state index in [0.29, 0.717) is 15.8 Å². The van der Waals surface area contributed by atoms with E-state index >= 15 is 0 Å². The Hall–Kier alpha value is -1.58. The van der Waals surface area contributed by atoms with Crippen LogP contribution in [0, 0.1) is 5.82 Å². The van der Waals surface area contributed by atoms with Gasteiger partial charge in [-0.05, 0) is 43.3 Å². The van der Waals surface area contributed by atoms with Crippen LogP contribution in [0.1, 0.15) is 17.3 Å². The molecule has 0 fully saturated rings. The molecule has 2 nitrogen and oxygen atoms in total. The summed E-state index contributed by atoms with van der Waals surface area (Å²) in [6.07, 6.45) is 0. The van der Waals surface area contributed by atoms with Gasteiger partial charge >= 0.3 is 0 Å². The summed E-state index contributed by atoms with van der Waals surface area (Å²) in [6, 6.07) is 8.41. The van der Waals surface area contributed by atoms with Crippen molar-refractivity contribution in [2.24, 2.45) is 0 Å². The standard InChI is InChI=1S/C14H9Cl2FO2/c1-8(18)13-7-11(17)2-3-14(13)19-12-5-9(15)4-10(16)6-12/h2-7H,1H3. The molecule has 0 heterocycles. The minimum absolute atomic E-state index is 0.163. The molecule has 0 bridgehead atoms. The number of carbonyl (C=O) groups is 1. The predicted molar refractivity (Wildman–Crippen MR) is 72.9 cm³/mol. The van der Waals surface area contributed by atoms with Gasteiger partial charge in [-0.25, -0.2) is 4.39 Å². The highest BCUT2D eigenvalue weighted by Gasteiger charge is 2.11. The second-order valence-electron chi connectivity index (χ2n) is 3.90. The van der Waals surface area contributed by atoms with Gasteiger partial charge in [0.1, 0.15) is 17.3 Å². The molecule has 0 aliphatic rings. The van der Waals surface area contributed by atoms with Crippen LogP contribution in [-0.2, 0) is 0 Å². The van der Waals surface area contributed by atoms with Gasteiger partial charge in [0.05, 0.1) is 5.56 Å². The maximum Gasteiger partial charge on any atom is 0.163 e. The molecule has 0 N–H and O–H groups in total. The highest BCUT2D eigenvalue weighted by Crippen LogP contribution is 2.30. The first-order valence-corrected chi connectivity index (χ1v) is 6.16. The van der Waals surface area contributed by atoms with Crippen LogP contribution in [0.25, 0.3) is 0 Å². The lowest BCUT2D eigenvalue weighted by Crippen LogP contribution is -1.98. The number of benzene rings is 2. The number of hydrogen-bond acceptors (Lipinski definition) is 2. The van der Waals surface area contributed by atoms with Gasteiger partial charge in [0.25, 0.3) is 0 Å². The van der Waals surface area contributed by atoms with Gasteiger partial charge in [0.2, 0.25) is 0 Å². The summed E-state index contributed by atoms with van der Waals surface area (Å²) in [6.45, 7) is 1.34. The SMILES string of the molecule is CC(=O)c1cc(F)ccc1Oc1cc(Cl)cc(Cl)c1. The molecular weight excluding hydrogens is 290 g/mol. The molecule has 0 saturated carbocycles. The van der Waals surface area contributed by atoms with Gasteiger partial charge in [0.15, 0.2) is 5.78 Å². The van der Waals surface area contributed by atoms with Gasteiger partial charge in [0, 0.05) is 10.0 Å². The Morgan fingerprint density at radius 3 is 2.32 bits per heavy atom. The third-order valence-electron chi connectivity index (χ3n) is 2.38. The molecule has 0 atom stereocenters. The van der Waals surface area contributed by atoms with Gasteiger partial charge in [-0.15, -0.1) is 0 Å². The minimum atomic E-state index is -0.498. The molecule has 0 aliphatic heterocycles. The maximum absolute atomic E-state index is 13.1. The number of carbonyl (C=O) groups excluding carboxylic acids is 1. The van der Waals surface area contributed by atoms with Crippen molar-refractivity contribution in [1.82, 2.24) is 0 Å². The summed E-state index contributed by atoms with van der Waals surface area (Å²) < 4.78 is 18.7. The molecule has 0 amide bonds. The molecule has 0 radical (unpaired) electrons. The molecule has 5 heteroatoms. The van der Waals surface area contributed by atoms with Crippen LogP contribution < -0.4 is 4.74 Å². The summed E-state index contributed by atoms with van der Waals surface area (Å²) in [4.78, 5) is 11.4. The molecule has 2 aromatic rings. The zero-order valence-electron chi connectivity index (χ0n) is 9.91. The predicted octanol–water partition coefficient (Wildman–Crippen LogP) is 5.13. The Morgan fingerprint density at radius 2 is 1.74 bits per heavy atom. The molecule has 0 unspecified atom stereocenters. The normalized spacial score (nSPS) is 10.3. The number of hydrogen-bond donors (Lipinski definition) is 0. The zero-order chi connectivity index (χ0) is 14.0. The van der Waals surface area contributed by atoms with Crippen LogP contribution in [0.3, 0.4) is 0 Å². The summed E-state index contributed by atoms with van der Waals surface area (Å²) in [7, 11) is 0. The number of Topliss-reactive ketones (excluding diaryl/α,β-unsaturated/α-hetero) is 1. The molecule has 0 aliphatic carbocycles. The van der Waals surface area contributed by atoms with Crippen molar-refractivity contribution >= 4 is 29.0 Å². The topological polar surface area (TPSA) is 26.3 Å². The number of halogens is 3. The molecule has 0 aromatic heterocycles. The Kier molecular flexibility index (Phi) is 4.08. The van der Waals surface area contributed by atoms with Gasteiger partial charge in [-0.3, -0.25) is 4.79 Å². The van der Waals surface area contributed by atoms with E-state index in [1.165, 1.54) is 19.1 Å². The van der Waals surface area contributed by atoms with Crippen molar-refractivity contribution in [2.45, 2.75) is 6.92 Å². The van der Waals surface area contributed by atoms with Gasteiger partial charge in [-0.2, -0.15) is 0 Å². The Balaban J connectivity index is 2.40. The summed E-state index contributed by atoms with van der Waals surface area (Å²) >= 11 is 11.7. The smallest absolute Gasteiger partial charge is 0.163 e. The van der Waals surface area contributed by atoms with Crippen molar-refractivity contribution in [3.05, 3.63) is 57.8 Å². The van der Waals surface area contributed by atoms with E-state index in [0.717, 1.165) is 6.07 Å². The van der Waals surface area contributed by atoms with Gasteiger partial charge < -0.3 is 4.74 Å². The molecule has 0 spiro atoms. The molecular formula is C14H9Cl2FO2. The summed E-state index contributed by atoms with van der Waals surface area (Å²) in [5.74, 6) is -0.150. The van der Waals surface area contributed by atoms with Crippen LogP contribution in [0.2, 0.25) is 10.0 Å². The lowest BCUT2D eigenvalue weighted by atomic mass is 10.1. The van der Waals surface area contributed by atoms with Crippen LogP contribution in [0.15, 0.2) is 36.4 Å². The second-order valence-corrected chi connectivity index (χ2v) is 4.78. The van der Waals surface area contributed by atoms with E-state index in [1.807, 2.05) is 0 Å². The Bertz CT molecular complexity index is 621. The highest BCUT2D eigenvalue weighted by molar-refractivity contribution is 6.34. The lowest BCUT2D eigenvalue weighted by Gasteiger charge is -2.10. The number of rotatable bonds is 3. The van der Waals surface area contributed by atoms with Crippen LogP contribution >= 0.6 is 23.2 Å². The summed E-state index contributed by atoms with van der Waals surface area (Å²) in [5.41, 5.74) is 0.163. The van der Waals surface area contributed by atoms with Crippen molar-refractivity contribution < 1.29 is 13.9 Å². The average Bonchev–Trinajstić information content (AvgIpc) is 2.30. The van der Waals surface area contributed by atoms with E-state index in [9.17, 15) is 9.18 Å². The summed E-state index contributed by atoms with van der Waals surface area (Å²) in [5, 5.41) is 0.822. The average molecular weight is 299 g/mol. The van der Waals surface area contributed by atoms with Crippen LogP contribution in [0.4, 0.5) is 4.39 Å². The van der Waals surface area contributed by atoms with E-state index in [4.69, 9.17) is 27.9 Å².